The SMILES string of the molecule is C[C@H](NC(=O)COc1ccc(C(C)(C)c2ccccc2)cc1)c1ccccc1. The Hall–Kier alpha value is -3.07. The van der Waals surface area contributed by atoms with Crippen molar-refractivity contribution >= 4 is 5.91 Å². The van der Waals surface area contributed by atoms with Gasteiger partial charge in [-0.2, -0.15) is 0 Å². The van der Waals surface area contributed by atoms with Crippen molar-refractivity contribution in [2.24, 2.45) is 0 Å². The van der Waals surface area contributed by atoms with Crippen LogP contribution >= 0.6 is 0 Å². The first-order chi connectivity index (χ1) is 13.5. The van der Waals surface area contributed by atoms with Crippen LogP contribution in [0.3, 0.4) is 0 Å². The Morgan fingerprint density at radius 1 is 0.857 bits per heavy atom. The molecular weight excluding hydrogens is 346 g/mol. The van der Waals surface area contributed by atoms with Crippen molar-refractivity contribution in [3.63, 3.8) is 0 Å². The van der Waals surface area contributed by atoms with E-state index in [0.29, 0.717) is 5.75 Å². The lowest BCUT2D eigenvalue weighted by atomic mass is 9.78. The van der Waals surface area contributed by atoms with Gasteiger partial charge in [0.2, 0.25) is 0 Å². The highest BCUT2D eigenvalue weighted by molar-refractivity contribution is 5.78. The second-order valence-corrected chi connectivity index (χ2v) is 7.50. The van der Waals surface area contributed by atoms with Gasteiger partial charge in [-0.1, -0.05) is 86.6 Å². The molecule has 3 aromatic rings. The minimum atomic E-state index is -0.134. The third-order valence-electron chi connectivity index (χ3n) is 5.12. The van der Waals surface area contributed by atoms with Gasteiger partial charge in [-0.15, -0.1) is 0 Å². The zero-order valence-electron chi connectivity index (χ0n) is 16.7. The van der Waals surface area contributed by atoms with Gasteiger partial charge in [0.25, 0.3) is 5.91 Å². The van der Waals surface area contributed by atoms with Crippen LogP contribution in [0.4, 0.5) is 0 Å². The molecule has 3 heteroatoms. The van der Waals surface area contributed by atoms with Crippen molar-refractivity contribution in [1.82, 2.24) is 5.32 Å². The summed E-state index contributed by atoms with van der Waals surface area (Å²) in [5.74, 6) is 0.556. The average Bonchev–Trinajstić information content (AvgIpc) is 2.74. The number of ether oxygens (including phenoxy) is 1. The van der Waals surface area contributed by atoms with Crippen LogP contribution in [0.2, 0.25) is 0 Å². The quantitative estimate of drug-likeness (QED) is 0.613. The fraction of sp³-hybridized carbons (Fsp3) is 0.240. The van der Waals surface area contributed by atoms with Crippen molar-refractivity contribution in [2.45, 2.75) is 32.2 Å². The lowest BCUT2D eigenvalue weighted by molar-refractivity contribution is -0.123. The summed E-state index contributed by atoms with van der Waals surface area (Å²) >= 11 is 0. The number of amides is 1. The Morgan fingerprint density at radius 2 is 1.39 bits per heavy atom. The van der Waals surface area contributed by atoms with Gasteiger partial charge in [0.15, 0.2) is 6.61 Å². The van der Waals surface area contributed by atoms with Crippen LogP contribution in [0.1, 0.15) is 43.5 Å². The molecule has 1 amide bonds. The Kier molecular flexibility index (Phi) is 6.15. The summed E-state index contributed by atoms with van der Waals surface area (Å²) in [7, 11) is 0. The fourth-order valence-electron chi connectivity index (χ4n) is 3.25. The van der Waals surface area contributed by atoms with Gasteiger partial charge in [-0.05, 0) is 35.7 Å². The van der Waals surface area contributed by atoms with E-state index in [0.717, 1.165) is 5.56 Å². The molecule has 1 atom stereocenters. The topological polar surface area (TPSA) is 38.3 Å². The Labute approximate surface area is 167 Å². The van der Waals surface area contributed by atoms with Crippen molar-refractivity contribution < 1.29 is 9.53 Å². The van der Waals surface area contributed by atoms with E-state index in [1.807, 2.05) is 55.5 Å². The highest BCUT2D eigenvalue weighted by Gasteiger charge is 2.22. The number of carbonyl (C=O) groups is 1. The maximum Gasteiger partial charge on any atom is 0.258 e. The highest BCUT2D eigenvalue weighted by Crippen LogP contribution is 2.32. The van der Waals surface area contributed by atoms with Gasteiger partial charge in [-0.3, -0.25) is 4.79 Å². The number of benzene rings is 3. The molecule has 0 saturated heterocycles. The maximum absolute atomic E-state index is 12.2. The van der Waals surface area contributed by atoms with Crippen LogP contribution < -0.4 is 10.1 Å². The predicted molar refractivity (Wildman–Crippen MR) is 114 cm³/mol. The summed E-state index contributed by atoms with van der Waals surface area (Å²) in [5, 5.41) is 2.96. The van der Waals surface area contributed by atoms with Gasteiger partial charge in [0, 0.05) is 5.41 Å². The molecule has 0 fully saturated rings. The van der Waals surface area contributed by atoms with Gasteiger partial charge in [-0.25, -0.2) is 0 Å². The summed E-state index contributed by atoms with van der Waals surface area (Å²) in [4.78, 5) is 12.2. The molecule has 0 bridgehead atoms. The summed E-state index contributed by atoms with van der Waals surface area (Å²) < 4.78 is 5.67. The van der Waals surface area contributed by atoms with Gasteiger partial charge in [0.1, 0.15) is 5.75 Å². The third-order valence-corrected chi connectivity index (χ3v) is 5.12. The van der Waals surface area contributed by atoms with E-state index >= 15 is 0 Å². The van der Waals surface area contributed by atoms with Crippen molar-refractivity contribution in [3.05, 3.63) is 102 Å². The second kappa shape index (κ2) is 8.75. The van der Waals surface area contributed by atoms with E-state index in [9.17, 15) is 4.79 Å². The van der Waals surface area contributed by atoms with E-state index in [2.05, 4.69) is 55.6 Å². The molecular formula is C25H27NO2. The summed E-state index contributed by atoms with van der Waals surface area (Å²) in [5.41, 5.74) is 3.44. The first-order valence-corrected chi connectivity index (χ1v) is 9.60. The van der Waals surface area contributed by atoms with E-state index in [4.69, 9.17) is 4.74 Å². The number of hydrogen-bond acceptors (Lipinski definition) is 2. The fourth-order valence-corrected chi connectivity index (χ4v) is 3.25. The standard InChI is InChI=1S/C25H27NO2/c1-19(20-10-6-4-7-11-20)26-24(27)18-28-23-16-14-22(15-17-23)25(2,3)21-12-8-5-9-13-21/h4-17,19H,18H2,1-3H3,(H,26,27)/t19-/m0/s1. The van der Waals surface area contributed by atoms with Crippen LogP contribution in [0.25, 0.3) is 0 Å². The number of carbonyl (C=O) groups excluding carboxylic acids is 1. The monoisotopic (exact) mass is 373 g/mol. The van der Waals surface area contributed by atoms with E-state index in [-0.39, 0.29) is 24.0 Å². The lowest BCUT2D eigenvalue weighted by Crippen LogP contribution is -2.31. The summed E-state index contributed by atoms with van der Waals surface area (Å²) in [6.45, 7) is 6.37. The van der Waals surface area contributed by atoms with E-state index in [1.165, 1.54) is 11.1 Å². The molecule has 0 spiro atoms. The van der Waals surface area contributed by atoms with Crippen molar-refractivity contribution in [3.8, 4) is 5.75 Å². The molecule has 0 aliphatic rings. The molecule has 0 unspecified atom stereocenters. The third kappa shape index (κ3) is 4.80. The normalized spacial score (nSPS) is 12.2. The number of hydrogen-bond donors (Lipinski definition) is 1. The van der Waals surface area contributed by atoms with Crippen LogP contribution in [0.15, 0.2) is 84.9 Å². The molecule has 3 nitrogen and oxygen atoms in total. The van der Waals surface area contributed by atoms with Crippen LogP contribution in [-0.4, -0.2) is 12.5 Å². The molecule has 0 radical (unpaired) electrons. The molecule has 0 saturated carbocycles. The molecule has 28 heavy (non-hydrogen) atoms. The van der Waals surface area contributed by atoms with E-state index in [1.54, 1.807) is 0 Å². The van der Waals surface area contributed by atoms with Gasteiger partial charge < -0.3 is 10.1 Å². The van der Waals surface area contributed by atoms with Crippen LogP contribution in [0.5, 0.6) is 5.75 Å². The van der Waals surface area contributed by atoms with Crippen molar-refractivity contribution in [1.29, 1.82) is 0 Å². The minimum absolute atomic E-state index is 0.00139. The smallest absolute Gasteiger partial charge is 0.258 e. The molecule has 144 valence electrons. The molecule has 0 heterocycles. The van der Waals surface area contributed by atoms with Gasteiger partial charge >= 0.3 is 0 Å². The van der Waals surface area contributed by atoms with Crippen molar-refractivity contribution in [2.75, 3.05) is 6.61 Å². The Balaban J connectivity index is 1.56. The highest BCUT2D eigenvalue weighted by atomic mass is 16.5. The zero-order chi connectivity index (χ0) is 20.0. The Bertz CT molecular complexity index is 887. The molecule has 0 aliphatic carbocycles. The number of rotatable bonds is 7. The first kappa shape index (κ1) is 19.7. The van der Waals surface area contributed by atoms with E-state index < -0.39 is 0 Å². The Morgan fingerprint density at radius 3 is 2.00 bits per heavy atom. The molecule has 3 aromatic carbocycles. The lowest BCUT2D eigenvalue weighted by Gasteiger charge is -2.26. The zero-order valence-corrected chi connectivity index (χ0v) is 16.7. The van der Waals surface area contributed by atoms with Crippen LogP contribution in [0, 0.1) is 0 Å². The largest absolute Gasteiger partial charge is 0.484 e. The molecule has 1 N–H and O–H groups in total. The van der Waals surface area contributed by atoms with Gasteiger partial charge in [0.05, 0.1) is 6.04 Å². The molecule has 0 aliphatic heterocycles. The predicted octanol–water partition coefficient (Wildman–Crippen LogP) is 5.27. The maximum atomic E-state index is 12.2. The van der Waals surface area contributed by atoms with Crippen LogP contribution in [-0.2, 0) is 10.2 Å². The molecule has 0 aromatic heterocycles. The summed E-state index contributed by atoms with van der Waals surface area (Å²) in [6.07, 6.45) is 0. The summed E-state index contributed by atoms with van der Waals surface area (Å²) in [6, 6.07) is 28.2. The minimum Gasteiger partial charge on any atom is -0.484 e. The second-order valence-electron chi connectivity index (χ2n) is 7.50. The number of nitrogens with one attached hydrogen (secondary N) is 1. The average molecular weight is 373 g/mol. The first-order valence-electron chi connectivity index (χ1n) is 9.60. The molecule has 3 rings (SSSR count).